The van der Waals surface area contributed by atoms with Crippen LogP contribution in [0.5, 0.6) is 0 Å². The van der Waals surface area contributed by atoms with E-state index in [-0.39, 0.29) is 4.90 Å². The minimum Gasteiger partial charge on any atom is -0.356 e. The van der Waals surface area contributed by atoms with E-state index < -0.39 is 10.0 Å². The fourth-order valence-electron chi connectivity index (χ4n) is 3.70. The molecule has 0 atom stereocenters. The Labute approximate surface area is 199 Å². The van der Waals surface area contributed by atoms with Crippen molar-refractivity contribution < 1.29 is 8.42 Å². The van der Waals surface area contributed by atoms with Gasteiger partial charge in [0, 0.05) is 22.7 Å². The molecule has 0 saturated heterocycles. The fourth-order valence-corrected chi connectivity index (χ4v) is 4.79. The summed E-state index contributed by atoms with van der Waals surface area (Å²) in [5, 5.41) is 8.55. The Balaban J connectivity index is 1.29. The van der Waals surface area contributed by atoms with E-state index in [2.05, 4.69) is 15.4 Å². The first-order valence-corrected chi connectivity index (χ1v) is 12.3. The average Bonchev–Trinajstić information content (AvgIpc) is 2.85. The van der Waals surface area contributed by atoms with Crippen LogP contribution in [0.25, 0.3) is 10.8 Å². The molecule has 5 aromatic carbocycles. The van der Waals surface area contributed by atoms with Crippen molar-refractivity contribution in [2.45, 2.75) is 4.90 Å². The van der Waals surface area contributed by atoms with Crippen molar-refractivity contribution in [3.05, 3.63) is 121 Å². The van der Waals surface area contributed by atoms with E-state index in [4.69, 9.17) is 0 Å². The van der Waals surface area contributed by atoms with Gasteiger partial charge in [-0.2, -0.15) is 0 Å². The first-order chi connectivity index (χ1) is 16.5. The van der Waals surface area contributed by atoms with Gasteiger partial charge in [-0.05, 0) is 77.5 Å². The molecule has 0 unspecified atom stereocenters. The van der Waals surface area contributed by atoms with Crippen LogP contribution in [0.3, 0.4) is 0 Å². The monoisotopic (exact) mass is 465 g/mol. The smallest absolute Gasteiger partial charge is 0.261 e. The number of fused-ring (bicyclic) bond motifs is 1. The molecule has 6 heteroatoms. The van der Waals surface area contributed by atoms with Crippen molar-refractivity contribution in [1.29, 1.82) is 0 Å². The number of para-hydroxylation sites is 1. The summed E-state index contributed by atoms with van der Waals surface area (Å²) in [5.41, 5.74) is 4.17. The Morgan fingerprint density at radius 3 is 1.74 bits per heavy atom. The lowest BCUT2D eigenvalue weighted by atomic mass is 10.1. The second-order valence-corrected chi connectivity index (χ2v) is 9.57. The van der Waals surface area contributed by atoms with E-state index >= 15 is 0 Å². The maximum Gasteiger partial charge on any atom is 0.261 e. The van der Waals surface area contributed by atoms with Gasteiger partial charge in [-0.1, -0.05) is 54.6 Å². The molecule has 5 aromatic rings. The summed E-state index contributed by atoms with van der Waals surface area (Å²) in [7, 11) is -3.72. The molecule has 5 nitrogen and oxygen atoms in total. The van der Waals surface area contributed by atoms with Crippen molar-refractivity contribution in [2.24, 2.45) is 0 Å². The topological polar surface area (TPSA) is 70.2 Å². The van der Waals surface area contributed by atoms with Crippen molar-refractivity contribution >= 4 is 49.2 Å². The number of anilines is 5. The molecule has 0 radical (unpaired) electrons. The van der Waals surface area contributed by atoms with Gasteiger partial charge in [-0.3, -0.25) is 4.72 Å². The Hall–Kier alpha value is -4.29. The molecule has 0 aliphatic heterocycles. The highest BCUT2D eigenvalue weighted by Crippen LogP contribution is 2.25. The molecular formula is C28H23N3O2S. The van der Waals surface area contributed by atoms with E-state index in [1.807, 2.05) is 97.1 Å². The molecule has 0 bridgehead atoms. The molecule has 168 valence electrons. The Bertz CT molecular complexity index is 1530. The van der Waals surface area contributed by atoms with E-state index in [1.165, 1.54) is 0 Å². The van der Waals surface area contributed by atoms with Gasteiger partial charge in [-0.25, -0.2) is 8.42 Å². The molecule has 0 amide bonds. The molecule has 0 saturated carbocycles. The van der Waals surface area contributed by atoms with Gasteiger partial charge in [0.25, 0.3) is 10.0 Å². The quantitative estimate of drug-likeness (QED) is 0.239. The van der Waals surface area contributed by atoms with Gasteiger partial charge in [0.1, 0.15) is 0 Å². The minimum atomic E-state index is -3.72. The summed E-state index contributed by atoms with van der Waals surface area (Å²) in [6, 6.07) is 37.9. The maximum absolute atomic E-state index is 13.0. The van der Waals surface area contributed by atoms with Gasteiger partial charge in [-0.15, -0.1) is 0 Å². The molecule has 34 heavy (non-hydrogen) atoms. The third-order valence-electron chi connectivity index (χ3n) is 5.38. The molecule has 0 aliphatic carbocycles. The summed E-state index contributed by atoms with van der Waals surface area (Å²) in [6.07, 6.45) is 0. The standard InChI is InChI=1S/C28H23N3O2S/c32-34(33,28-18-13-21-7-4-5-8-22(21)19-28)31-27-12-6-11-26(20-27)30-25-16-14-24(15-17-25)29-23-9-2-1-3-10-23/h1-20,29-31H. The highest BCUT2D eigenvalue weighted by atomic mass is 32.2. The molecule has 0 aliphatic rings. The van der Waals surface area contributed by atoms with Gasteiger partial charge < -0.3 is 10.6 Å². The molecule has 0 aromatic heterocycles. The van der Waals surface area contributed by atoms with E-state index in [0.29, 0.717) is 5.69 Å². The Morgan fingerprint density at radius 1 is 0.441 bits per heavy atom. The van der Waals surface area contributed by atoms with Crippen LogP contribution in [0.1, 0.15) is 0 Å². The molecular weight excluding hydrogens is 442 g/mol. The molecule has 5 rings (SSSR count). The summed E-state index contributed by atoms with van der Waals surface area (Å²) in [6.45, 7) is 0. The van der Waals surface area contributed by atoms with Crippen LogP contribution in [0.15, 0.2) is 126 Å². The molecule has 0 fully saturated rings. The predicted molar refractivity (Wildman–Crippen MR) is 141 cm³/mol. The SMILES string of the molecule is O=S(=O)(Nc1cccc(Nc2ccc(Nc3ccccc3)cc2)c1)c1ccc2ccccc2c1. The van der Waals surface area contributed by atoms with Crippen LogP contribution in [0.4, 0.5) is 28.4 Å². The summed E-state index contributed by atoms with van der Waals surface area (Å²) in [5.74, 6) is 0. The predicted octanol–water partition coefficient (Wildman–Crippen LogP) is 7.13. The average molecular weight is 466 g/mol. The first-order valence-electron chi connectivity index (χ1n) is 10.9. The molecule has 0 spiro atoms. The van der Waals surface area contributed by atoms with Gasteiger partial charge in [0.05, 0.1) is 10.6 Å². The van der Waals surface area contributed by atoms with Crippen LogP contribution >= 0.6 is 0 Å². The maximum atomic E-state index is 13.0. The fraction of sp³-hybridized carbons (Fsp3) is 0. The summed E-state index contributed by atoms with van der Waals surface area (Å²) in [4.78, 5) is 0.228. The van der Waals surface area contributed by atoms with E-state index in [9.17, 15) is 8.42 Å². The number of sulfonamides is 1. The van der Waals surface area contributed by atoms with E-state index in [0.717, 1.165) is 33.5 Å². The van der Waals surface area contributed by atoms with Gasteiger partial charge in [0.2, 0.25) is 0 Å². The highest BCUT2D eigenvalue weighted by Gasteiger charge is 2.15. The van der Waals surface area contributed by atoms with Crippen LogP contribution in [-0.4, -0.2) is 8.42 Å². The van der Waals surface area contributed by atoms with Crippen molar-refractivity contribution in [3.63, 3.8) is 0 Å². The van der Waals surface area contributed by atoms with Crippen molar-refractivity contribution in [1.82, 2.24) is 0 Å². The lowest BCUT2D eigenvalue weighted by molar-refractivity contribution is 0.601. The molecule has 0 heterocycles. The Kier molecular flexibility index (Phi) is 5.89. The zero-order chi connectivity index (χ0) is 23.4. The van der Waals surface area contributed by atoms with Crippen LogP contribution in [0.2, 0.25) is 0 Å². The second-order valence-electron chi connectivity index (χ2n) is 7.89. The third-order valence-corrected chi connectivity index (χ3v) is 6.76. The van der Waals surface area contributed by atoms with Gasteiger partial charge >= 0.3 is 0 Å². The number of hydrogen-bond acceptors (Lipinski definition) is 4. The van der Waals surface area contributed by atoms with Crippen LogP contribution < -0.4 is 15.4 Å². The number of hydrogen-bond donors (Lipinski definition) is 3. The largest absolute Gasteiger partial charge is 0.356 e. The van der Waals surface area contributed by atoms with Crippen LogP contribution in [0, 0.1) is 0 Å². The molecule has 3 N–H and O–H groups in total. The normalized spacial score (nSPS) is 11.2. The number of rotatable bonds is 7. The lowest BCUT2D eigenvalue weighted by Crippen LogP contribution is -2.13. The Morgan fingerprint density at radius 2 is 1.00 bits per heavy atom. The third kappa shape index (κ3) is 5.03. The number of nitrogens with one attached hydrogen (secondary N) is 3. The second kappa shape index (κ2) is 9.29. The zero-order valence-electron chi connectivity index (χ0n) is 18.3. The zero-order valence-corrected chi connectivity index (χ0v) is 19.1. The number of benzene rings is 5. The van der Waals surface area contributed by atoms with Gasteiger partial charge in [0.15, 0.2) is 0 Å². The highest BCUT2D eigenvalue weighted by molar-refractivity contribution is 7.92. The van der Waals surface area contributed by atoms with Crippen molar-refractivity contribution in [2.75, 3.05) is 15.4 Å². The van der Waals surface area contributed by atoms with Crippen LogP contribution in [-0.2, 0) is 10.0 Å². The minimum absolute atomic E-state index is 0.228. The summed E-state index contributed by atoms with van der Waals surface area (Å²) >= 11 is 0. The van der Waals surface area contributed by atoms with Crippen molar-refractivity contribution in [3.8, 4) is 0 Å². The summed E-state index contributed by atoms with van der Waals surface area (Å²) < 4.78 is 28.6. The first kappa shape index (κ1) is 21.6. The lowest BCUT2D eigenvalue weighted by Gasteiger charge is -2.12. The van der Waals surface area contributed by atoms with E-state index in [1.54, 1.807) is 24.3 Å².